The number of hydrogen-bond donors (Lipinski definition) is 1. The SMILES string of the molecule is Cc1cnc(C(=O)Nc2cccc(S(=O)(=O)N3CCCCCC3)c2)cn1. The van der Waals surface area contributed by atoms with Crippen LogP contribution in [0.4, 0.5) is 5.69 Å². The number of benzene rings is 1. The second-order valence-corrected chi connectivity index (χ2v) is 8.28. The molecular formula is C18H22N4O3S. The predicted octanol–water partition coefficient (Wildman–Crippen LogP) is 2.60. The minimum absolute atomic E-state index is 0.177. The zero-order chi connectivity index (χ0) is 18.6. The van der Waals surface area contributed by atoms with Gasteiger partial charge in [-0.05, 0) is 38.0 Å². The van der Waals surface area contributed by atoms with Gasteiger partial charge in [-0.15, -0.1) is 0 Å². The van der Waals surface area contributed by atoms with Gasteiger partial charge in [-0.1, -0.05) is 18.9 Å². The molecule has 1 aliphatic heterocycles. The van der Waals surface area contributed by atoms with Crippen LogP contribution in [0.2, 0.25) is 0 Å². The highest BCUT2D eigenvalue weighted by molar-refractivity contribution is 7.89. The highest BCUT2D eigenvalue weighted by Crippen LogP contribution is 2.22. The molecular weight excluding hydrogens is 352 g/mol. The Balaban J connectivity index is 1.79. The molecule has 0 bridgehead atoms. The fraction of sp³-hybridized carbons (Fsp3) is 0.389. The Morgan fingerprint density at radius 1 is 1.08 bits per heavy atom. The first-order valence-corrected chi connectivity index (χ1v) is 10.1. The van der Waals surface area contributed by atoms with Gasteiger partial charge in [-0.3, -0.25) is 9.78 Å². The van der Waals surface area contributed by atoms with Crippen LogP contribution in [0, 0.1) is 6.92 Å². The van der Waals surface area contributed by atoms with Crippen LogP contribution in [0.1, 0.15) is 41.9 Å². The summed E-state index contributed by atoms with van der Waals surface area (Å²) in [6, 6.07) is 6.32. The van der Waals surface area contributed by atoms with E-state index in [4.69, 9.17) is 0 Å². The van der Waals surface area contributed by atoms with E-state index >= 15 is 0 Å². The summed E-state index contributed by atoms with van der Waals surface area (Å²) in [6.45, 7) is 2.86. The monoisotopic (exact) mass is 374 g/mol. The summed E-state index contributed by atoms with van der Waals surface area (Å²) in [5.41, 5.74) is 1.30. The van der Waals surface area contributed by atoms with Crippen molar-refractivity contribution in [1.29, 1.82) is 0 Å². The van der Waals surface area contributed by atoms with Crippen molar-refractivity contribution in [1.82, 2.24) is 14.3 Å². The molecule has 0 unspecified atom stereocenters. The Morgan fingerprint density at radius 3 is 2.46 bits per heavy atom. The molecule has 0 radical (unpaired) electrons. The third kappa shape index (κ3) is 4.25. The highest BCUT2D eigenvalue weighted by Gasteiger charge is 2.25. The largest absolute Gasteiger partial charge is 0.321 e. The lowest BCUT2D eigenvalue weighted by Crippen LogP contribution is -2.32. The molecule has 1 aromatic heterocycles. The zero-order valence-electron chi connectivity index (χ0n) is 14.7. The van der Waals surface area contributed by atoms with Gasteiger partial charge in [0.1, 0.15) is 5.69 Å². The van der Waals surface area contributed by atoms with Crippen LogP contribution >= 0.6 is 0 Å². The van der Waals surface area contributed by atoms with Crippen molar-refractivity contribution in [2.24, 2.45) is 0 Å². The van der Waals surface area contributed by atoms with E-state index in [1.807, 2.05) is 0 Å². The summed E-state index contributed by atoms with van der Waals surface area (Å²) in [5, 5.41) is 2.68. The summed E-state index contributed by atoms with van der Waals surface area (Å²) in [5.74, 6) is -0.429. The van der Waals surface area contributed by atoms with Crippen molar-refractivity contribution in [2.45, 2.75) is 37.5 Å². The molecule has 1 N–H and O–H groups in total. The predicted molar refractivity (Wildman–Crippen MR) is 98.4 cm³/mol. The fourth-order valence-electron chi connectivity index (χ4n) is 2.87. The van der Waals surface area contributed by atoms with Crippen LogP contribution in [0.5, 0.6) is 0 Å². The molecule has 3 rings (SSSR count). The number of carbonyl (C=O) groups is 1. The third-order valence-corrected chi connectivity index (χ3v) is 6.20. The number of amides is 1. The van der Waals surface area contributed by atoms with E-state index in [2.05, 4.69) is 15.3 Å². The average molecular weight is 374 g/mol. The van der Waals surface area contributed by atoms with E-state index in [0.29, 0.717) is 24.5 Å². The Kier molecular flexibility index (Phi) is 5.63. The lowest BCUT2D eigenvalue weighted by Gasteiger charge is -2.20. The van der Waals surface area contributed by atoms with Crippen LogP contribution in [0.3, 0.4) is 0 Å². The molecule has 0 aliphatic carbocycles. The van der Waals surface area contributed by atoms with E-state index in [-0.39, 0.29) is 10.6 Å². The second-order valence-electron chi connectivity index (χ2n) is 6.34. The van der Waals surface area contributed by atoms with E-state index < -0.39 is 15.9 Å². The van der Waals surface area contributed by atoms with E-state index in [9.17, 15) is 13.2 Å². The van der Waals surface area contributed by atoms with Crippen LogP contribution in [-0.4, -0.2) is 41.7 Å². The number of nitrogens with zero attached hydrogens (tertiary/aromatic N) is 3. The average Bonchev–Trinajstić information content (AvgIpc) is 2.92. The van der Waals surface area contributed by atoms with Crippen molar-refractivity contribution < 1.29 is 13.2 Å². The highest BCUT2D eigenvalue weighted by atomic mass is 32.2. The lowest BCUT2D eigenvalue weighted by atomic mass is 10.2. The van der Waals surface area contributed by atoms with Crippen LogP contribution in [-0.2, 0) is 10.0 Å². The van der Waals surface area contributed by atoms with Crippen LogP contribution < -0.4 is 5.32 Å². The molecule has 1 amide bonds. The number of aryl methyl sites for hydroxylation is 1. The summed E-state index contributed by atoms with van der Waals surface area (Å²) >= 11 is 0. The maximum absolute atomic E-state index is 12.9. The maximum atomic E-state index is 12.9. The summed E-state index contributed by atoms with van der Waals surface area (Å²) in [6.07, 6.45) is 6.76. The quantitative estimate of drug-likeness (QED) is 0.888. The number of rotatable bonds is 4. The molecule has 1 aromatic carbocycles. The maximum Gasteiger partial charge on any atom is 0.275 e. The van der Waals surface area contributed by atoms with E-state index in [1.54, 1.807) is 25.1 Å². The van der Waals surface area contributed by atoms with Crippen molar-refractivity contribution in [2.75, 3.05) is 18.4 Å². The van der Waals surface area contributed by atoms with Crippen molar-refractivity contribution in [3.05, 3.63) is 48.0 Å². The second kappa shape index (κ2) is 7.92. The molecule has 8 heteroatoms. The smallest absolute Gasteiger partial charge is 0.275 e. The Hall–Kier alpha value is -2.32. The van der Waals surface area contributed by atoms with Gasteiger partial charge in [0.25, 0.3) is 5.91 Å². The molecule has 1 aliphatic rings. The minimum atomic E-state index is -3.56. The van der Waals surface area contributed by atoms with Gasteiger partial charge in [-0.2, -0.15) is 4.31 Å². The van der Waals surface area contributed by atoms with Crippen LogP contribution in [0.25, 0.3) is 0 Å². The number of carbonyl (C=O) groups excluding carboxylic acids is 1. The molecule has 138 valence electrons. The lowest BCUT2D eigenvalue weighted by molar-refractivity contribution is 0.102. The van der Waals surface area contributed by atoms with Gasteiger partial charge < -0.3 is 5.32 Å². The Morgan fingerprint density at radius 2 is 1.81 bits per heavy atom. The molecule has 0 atom stereocenters. The van der Waals surface area contributed by atoms with E-state index in [0.717, 1.165) is 25.7 Å². The molecule has 0 spiro atoms. The topological polar surface area (TPSA) is 92.3 Å². The number of nitrogens with one attached hydrogen (secondary N) is 1. The summed E-state index contributed by atoms with van der Waals surface area (Å²) in [4.78, 5) is 20.5. The van der Waals surface area contributed by atoms with Crippen molar-refractivity contribution in [3.63, 3.8) is 0 Å². The van der Waals surface area contributed by atoms with Gasteiger partial charge in [0.2, 0.25) is 10.0 Å². The van der Waals surface area contributed by atoms with Crippen molar-refractivity contribution in [3.8, 4) is 0 Å². The number of hydrogen-bond acceptors (Lipinski definition) is 5. The van der Waals surface area contributed by atoms with Crippen LogP contribution in [0.15, 0.2) is 41.6 Å². The molecule has 1 saturated heterocycles. The normalized spacial score (nSPS) is 16.0. The molecule has 0 saturated carbocycles. The van der Waals surface area contributed by atoms with E-state index in [1.165, 1.54) is 22.8 Å². The van der Waals surface area contributed by atoms with Gasteiger partial charge >= 0.3 is 0 Å². The fourth-order valence-corrected chi connectivity index (χ4v) is 4.43. The summed E-state index contributed by atoms with van der Waals surface area (Å²) < 4.78 is 27.3. The van der Waals surface area contributed by atoms with Gasteiger partial charge in [0.15, 0.2) is 0 Å². The van der Waals surface area contributed by atoms with Gasteiger partial charge in [-0.25, -0.2) is 13.4 Å². The molecule has 2 aromatic rings. The first kappa shape index (κ1) is 18.5. The molecule has 7 nitrogen and oxygen atoms in total. The third-order valence-electron chi connectivity index (χ3n) is 4.31. The van der Waals surface area contributed by atoms with Gasteiger partial charge in [0.05, 0.1) is 16.8 Å². The number of anilines is 1. The minimum Gasteiger partial charge on any atom is -0.321 e. The number of sulfonamides is 1. The van der Waals surface area contributed by atoms with Gasteiger partial charge in [0, 0.05) is 25.0 Å². The molecule has 26 heavy (non-hydrogen) atoms. The standard InChI is InChI=1S/C18H22N4O3S/c1-14-12-20-17(13-19-14)18(23)21-15-7-6-8-16(11-15)26(24,25)22-9-4-2-3-5-10-22/h6-8,11-13H,2-5,9-10H2,1H3,(H,21,23). The zero-order valence-corrected chi connectivity index (χ0v) is 15.5. The molecule has 1 fully saturated rings. The number of aromatic nitrogens is 2. The first-order chi connectivity index (χ1) is 12.5. The summed E-state index contributed by atoms with van der Waals surface area (Å²) in [7, 11) is -3.56. The Bertz CT molecular complexity index is 874. The Labute approximate surface area is 153 Å². The van der Waals surface area contributed by atoms with Crippen molar-refractivity contribution >= 4 is 21.6 Å². The molecule has 2 heterocycles. The first-order valence-electron chi connectivity index (χ1n) is 8.67.